The predicted molar refractivity (Wildman–Crippen MR) is 70.6 cm³/mol. The quantitative estimate of drug-likeness (QED) is 0.894. The highest BCUT2D eigenvalue weighted by molar-refractivity contribution is 6.30. The molecule has 1 saturated heterocycles. The number of alkyl halides is 2. The summed E-state index contributed by atoms with van der Waals surface area (Å²) in [6, 6.07) is 2.51. The summed E-state index contributed by atoms with van der Waals surface area (Å²) in [7, 11) is 0. The molecule has 20 heavy (non-hydrogen) atoms. The highest BCUT2D eigenvalue weighted by atomic mass is 35.5. The van der Waals surface area contributed by atoms with Crippen LogP contribution in [0.2, 0.25) is 5.02 Å². The molecular weight excluding hydrogens is 293 g/mol. The largest absolute Gasteiger partial charge is 0.390 e. The molecule has 0 saturated carbocycles. The molecule has 0 aromatic heterocycles. The summed E-state index contributed by atoms with van der Waals surface area (Å²) in [5, 5.41) is 11.8. The SMILES string of the molecule is OCC(F)(F)[C@H](c1cccc(Cl)c1F)N1CCNCC1. The smallest absolute Gasteiger partial charge is 0.290 e. The molecule has 1 aromatic rings. The lowest BCUT2D eigenvalue weighted by Gasteiger charge is -2.38. The summed E-state index contributed by atoms with van der Waals surface area (Å²) in [5.74, 6) is -4.30. The molecule has 0 bridgehead atoms. The van der Waals surface area contributed by atoms with Gasteiger partial charge in [-0.15, -0.1) is 0 Å². The van der Waals surface area contributed by atoms with Crippen LogP contribution in [0.1, 0.15) is 11.6 Å². The molecule has 0 amide bonds. The van der Waals surface area contributed by atoms with E-state index in [9.17, 15) is 13.2 Å². The molecule has 2 rings (SSSR count). The molecule has 2 N–H and O–H groups in total. The average Bonchev–Trinajstić information content (AvgIpc) is 2.45. The van der Waals surface area contributed by atoms with Crippen molar-refractivity contribution in [3.63, 3.8) is 0 Å². The normalized spacial score (nSPS) is 19.1. The Balaban J connectivity index is 2.42. The van der Waals surface area contributed by atoms with Crippen LogP contribution >= 0.6 is 11.6 Å². The summed E-state index contributed by atoms with van der Waals surface area (Å²) in [6.45, 7) is 0.451. The van der Waals surface area contributed by atoms with Crippen LogP contribution in [-0.2, 0) is 0 Å². The zero-order valence-corrected chi connectivity index (χ0v) is 11.5. The van der Waals surface area contributed by atoms with Crippen molar-refractivity contribution >= 4 is 11.6 Å². The summed E-state index contributed by atoms with van der Waals surface area (Å²) < 4.78 is 42.2. The second-order valence-corrected chi connectivity index (χ2v) is 5.16. The van der Waals surface area contributed by atoms with Crippen LogP contribution in [-0.4, -0.2) is 48.7 Å². The number of nitrogens with zero attached hydrogens (tertiary/aromatic N) is 1. The molecule has 0 spiro atoms. The standard InChI is InChI=1S/C13H16ClF3N2O/c14-10-3-1-2-9(11(10)15)12(13(16,17)8-20)19-6-4-18-5-7-19/h1-3,12,18,20H,4-8H2/t12-/m0/s1. The van der Waals surface area contributed by atoms with Gasteiger partial charge in [-0.1, -0.05) is 23.7 Å². The second kappa shape index (κ2) is 6.30. The molecule has 0 unspecified atom stereocenters. The van der Waals surface area contributed by atoms with E-state index < -0.39 is 24.4 Å². The monoisotopic (exact) mass is 308 g/mol. The molecular formula is C13H16ClF3N2O. The van der Waals surface area contributed by atoms with Gasteiger partial charge in [0.15, 0.2) is 0 Å². The van der Waals surface area contributed by atoms with Crippen LogP contribution < -0.4 is 5.32 Å². The first kappa shape index (κ1) is 15.6. The third-order valence-corrected chi connectivity index (χ3v) is 3.70. The summed E-state index contributed by atoms with van der Waals surface area (Å²) in [6.07, 6.45) is 0. The van der Waals surface area contributed by atoms with Gasteiger partial charge in [-0.3, -0.25) is 4.90 Å². The van der Waals surface area contributed by atoms with Crippen molar-refractivity contribution in [1.29, 1.82) is 0 Å². The van der Waals surface area contributed by atoms with Crippen molar-refractivity contribution in [3.05, 3.63) is 34.6 Å². The molecule has 1 aromatic carbocycles. The van der Waals surface area contributed by atoms with Crippen LogP contribution in [0, 0.1) is 5.82 Å². The Hall–Kier alpha value is -0.820. The summed E-state index contributed by atoms with van der Waals surface area (Å²) in [4.78, 5) is 1.47. The van der Waals surface area contributed by atoms with Gasteiger partial charge in [-0.05, 0) is 6.07 Å². The molecule has 1 aliphatic heterocycles. The third kappa shape index (κ3) is 3.09. The zero-order valence-electron chi connectivity index (χ0n) is 10.8. The number of hydrogen-bond acceptors (Lipinski definition) is 3. The zero-order chi connectivity index (χ0) is 14.8. The number of aliphatic hydroxyl groups excluding tert-OH is 1. The van der Waals surface area contributed by atoms with E-state index in [1.54, 1.807) is 0 Å². The van der Waals surface area contributed by atoms with Crippen LogP contribution in [0.3, 0.4) is 0 Å². The fraction of sp³-hybridized carbons (Fsp3) is 0.538. The first-order valence-corrected chi connectivity index (χ1v) is 6.72. The number of piperazine rings is 1. The van der Waals surface area contributed by atoms with Crippen LogP contribution in [0.15, 0.2) is 18.2 Å². The topological polar surface area (TPSA) is 35.5 Å². The Morgan fingerprint density at radius 1 is 1.35 bits per heavy atom. The molecule has 1 heterocycles. The second-order valence-electron chi connectivity index (χ2n) is 4.75. The van der Waals surface area contributed by atoms with E-state index in [4.69, 9.17) is 16.7 Å². The van der Waals surface area contributed by atoms with E-state index in [2.05, 4.69) is 5.32 Å². The lowest BCUT2D eigenvalue weighted by atomic mass is 9.97. The number of halogens is 4. The molecule has 112 valence electrons. The van der Waals surface area contributed by atoms with E-state index >= 15 is 0 Å². The van der Waals surface area contributed by atoms with Gasteiger partial charge in [0.2, 0.25) is 0 Å². The first-order valence-electron chi connectivity index (χ1n) is 6.34. The molecule has 1 fully saturated rings. The first-order chi connectivity index (χ1) is 9.47. The van der Waals surface area contributed by atoms with Crippen molar-refractivity contribution in [3.8, 4) is 0 Å². The Bertz CT molecular complexity index is 467. The third-order valence-electron chi connectivity index (χ3n) is 3.40. The molecule has 3 nitrogen and oxygen atoms in total. The van der Waals surface area contributed by atoms with Crippen molar-refractivity contribution in [2.24, 2.45) is 0 Å². The number of nitrogens with one attached hydrogen (secondary N) is 1. The predicted octanol–water partition coefficient (Wildman–Crippen LogP) is 2.05. The lowest BCUT2D eigenvalue weighted by Crippen LogP contribution is -2.51. The maximum atomic E-state index is 14.1. The van der Waals surface area contributed by atoms with E-state index in [-0.39, 0.29) is 10.6 Å². The minimum absolute atomic E-state index is 0.182. The molecule has 7 heteroatoms. The maximum absolute atomic E-state index is 14.1. The van der Waals surface area contributed by atoms with Gasteiger partial charge in [-0.25, -0.2) is 13.2 Å². The van der Waals surface area contributed by atoms with E-state index in [1.165, 1.54) is 23.1 Å². The van der Waals surface area contributed by atoms with E-state index in [1.807, 2.05) is 0 Å². The van der Waals surface area contributed by atoms with Gasteiger partial charge in [0.1, 0.15) is 18.5 Å². The van der Waals surface area contributed by atoms with E-state index in [0.717, 1.165) is 0 Å². The highest BCUT2D eigenvalue weighted by Crippen LogP contribution is 2.38. The van der Waals surface area contributed by atoms with Gasteiger partial charge < -0.3 is 10.4 Å². The molecule has 0 aliphatic carbocycles. The van der Waals surface area contributed by atoms with Gasteiger partial charge in [-0.2, -0.15) is 0 Å². The lowest BCUT2D eigenvalue weighted by molar-refractivity contribution is -0.119. The van der Waals surface area contributed by atoms with Gasteiger partial charge in [0, 0.05) is 31.7 Å². The van der Waals surface area contributed by atoms with Crippen LogP contribution in [0.4, 0.5) is 13.2 Å². The number of benzene rings is 1. The Kier molecular flexibility index (Phi) is 4.90. The van der Waals surface area contributed by atoms with Crippen molar-refractivity contribution < 1.29 is 18.3 Å². The van der Waals surface area contributed by atoms with Crippen LogP contribution in [0.25, 0.3) is 0 Å². The fourth-order valence-corrected chi connectivity index (χ4v) is 2.63. The van der Waals surface area contributed by atoms with E-state index in [0.29, 0.717) is 26.2 Å². The average molecular weight is 309 g/mol. The van der Waals surface area contributed by atoms with Crippen molar-refractivity contribution in [2.75, 3.05) is 32.8 Å². The number of aliphatic hydroxyl groups is 1. The van der Waals surface area contributed by atoms with Gasteiger partial charge >= 0.3 is 0 Å². The number of rotatable bonds is 4. The Morgan fingerprint density at radius 2 is 2.00 bits per heavy atom. The summed E-state index contributed by atoms with van der Waals surface area (Å²) in [5.41, 5.74) is -0.182. The summed E-state index contributed by atoms with van der Waals surface area (Å²) >= 11 is 5.68. The van der Waals surface area contributed by atoms with Crippen LogP contribution in [0.5, 0.6) is 0 Å². The van der Waals surface area contributed by atoms with Gasteiger partial charge in [0.05, 0.1) is 5.02 Å². The number of hydrogen-bond donors (Lipinski definition) is 2. The molecule has 1 aliphatic rings. The van der Waals surface area contributed by atoms with Gasteiger partial charge in [0.25, 0.3) is 5.92 Å². The minimum Gasteiger partial charge on any atom is -0.390 e. The van der Waals surface area contributed by atoms with Crippen molar-refractivity contribution in [1.82, 2.24) is 10.2 Å². The maximum Gasteiger partial charge on any atom is 0.290 e. The fourth-order valence-electron chi connectivity index (χ4n) is 2.45. The minimum atomic E-state index is -3.44. The molecule has 1 atom stereocenters. The Labute approximate surface area is 120 Å². The highest BCUT2D eigenvalue weighted by Gasteiger charge is 2.45. The molecule has 0 radical (unpaired) electrons. The Morgan fingerprint density at radius 3 is 2.60 bits per heavy atom. The van der Waals surface area contributed by atoms with Crippen molar-refractivity contribution in [2.45, 2.75) is 12.0 Å².